The van der Waals surface area contributed by atoms with E-state index in [4.69, 9.17) is 15.8 Å². The van der Waals surface area contributed by atoms with Crippen LogP contribution >= 0.6 is 12.4 Å². The standard InChI is InChI=1S/C7H9N.BH2O2.ClH/c8-6-7-4-2-1-3-5-7;2-1-3;/h1-5H,6,8H2;2-3H;1H. The van der Waals surface area contributed by atoms with Crippen molar-refractivity contribution in [1.82, 2.24) is 0 Å². The number of benzene rings is 1. The van der Waals surface area contributed by atoms with Crippen LogP contribution in [-0.4, -0.2) is 17.7 Å². The first-order valence-corrected chi connectivity index (χ1v) is 3.19. The lowest BCUT2D eigenvalue weighted by atomic mass is 10.2. The van der Waals surface area contributed by atoms with Crippen LogP contribution in [0.5, 0.6) is 0 Å². The smallest absolute Gasteiger partial charge is 0.429 e. The fourth-order valence-corrected chi connectivity index (χ4v) is 0.614. The van der Waals surface area contributed by atoms with Crippen molar-refractivity contribution in [3.8, 4) is 0 Å². The summed E-state index contributed by atoms with van der Waals surface area (Å²) in [5, 5.41) is 14.0. The molecule has 0 spiro atoms. The van der Waals surface area contributed by atoms with Crippen LogP contribution in [0, 0.1) is 0 Å². The average molecular weight is 188 g/mol. The normalized spacial score (nSPS) is 7.25. The van der Waals surface area contributed by atoms with Gasteiger partial charge in [-0.2, -0.15) is 0 Å². The minimum Gasteiger partial charge on any atom is -0.429 e. The predicted molar refractivity (Wildman–Crippen MR) is 51.8 cm³/mol. The number of rotatable bonds is 1. The number of hydrogen-bond donors (Lipinski definition) is 3. The minimum absolute atomic E-state index is 0. The molecule has 0 atom stereocenters. The summed E-state index contributed by atoms with van der Waals surface area (Å²) in [6.45, 7) is 0.640. The van der Waals surface area contributed by atoms with E-state index < -0.39 is 0 Å². The third kappa shape index (κ3) is 7.56. The maximum atomic E-state index is 7.00. The molecule has 0 aliphatic heterocycles. The molecule has 5 heteroatoms. The number of halogens is 1. The van der Waals surface area contributed by atoms with Crippen LogP contribution in [-0.2, 0) is 6.54 Å². The Labute approximate surface area is 78.9 Å². The maximum absolute atomic E-state index is 7.00. The van der Waals surface area contributed by atoms with E-state index in [9.17, 15) is 0 Å². The molecule has 1 rings (SSSR count). The van der Waals surface area contributed by atoms with E-state index in [1.807, 2.05) is 30.3 Å². The Hall–Kier alpha value is -0.545. The molecule has 0 bridgehead atoms. The van der Waals surface area contributed by atoms with E-state index in [0.717, 1.165) is 0 Å². The second-order valence-electron chi connectivity index (χ2n) is 1.81. The average Bonchev–Trinajstić information content (AvgIpc) is 2.08. The highest BCUT2D eigenvalue weighted by Crippen LogP contribution is 1.94. The molecule has 0 aliphatic rings. The van der Waals surface area contributed by atoms with Crippen LogP contribution in [0.4, 0.5) is 0 Å². The highest BCUT2D eigenvalue weighted by Gasteiger charge is 1.80. The van der Waals surface area contributed by atoms with Crippen LogP contribution in [0.15, 0.2) is 30.3 Å². The van der Waals surface area contributed by atoms with Crippen molar-refractivity contribution in [2.24, 2.45) is 5.73 Å². The van der Waals surface area contributed by atoms with Crippen LogP contribution < -0.4 is 5.73 Å². The van der Waals surface area contributed by atoms with Gasteiger partial charge >= 0.3 is 7.69 Å². The quantitative estimate of drug-likeness (QED) is 0.547. The first-order chi connectivity index (χ1) is 5.35. The van der Waals surface area contributed by atoms with E-state index in [-0.39, 0.29) is 20.1 Å². The zero-order chi connectivity index (χ0) is 8.53. The topological polar surface area (TPSA) is 66.5 Å². The number of nitrogens with two attached hydrogens (primary N) is 1. The van der Waals surface area contributed by atoms with Crippen molar-refractivity contribution in [3.63, 3.8) is 0 Å². The molecule has 4 N–H and O–H groups in total. The Kier molecular flexibility index (Phi) is 12.2. The van der Waals surface area contributed by atoms with Crippen molar-refractivity contribution in [3.05, 3.63) is 35.9 Å². The van der Waals surface area contributed by atoms with Gasteiger partial charge in [0.25, 0.3) is 0 Å². The molecule has 0 amide bonds. The zero-order valence-electron chi connectivity index (χ0n) is 6.55. The summed E-state index contributed by atoms with van der Waals surface area (Å²) in [6, 6.07) is 9.99. The van der Waals surface area contributed by atoms with Crippen LogP contribution in [0.1, 0.15) is 5.56 Å². The fourth-order valence-electron chi connectivity index (χ4n) is 0.614. The second-order valence-corrected chi connectivity index (χ2v) is 1.81. The third-order valence-corrected chi connectivity index (χ3v) is 1.08. The van der Waals surface area contributed by atoms with Gasteiger partial charge in [0.2, 0.25) is 0 Å². The summed E-state index contributed by atoms with van der Waals surface area (Å²) in [7, 11) is 0. The summed E-state index contributed by atoms with van der Waals surface area (Å²) in [5.74, 6) is 0. The maximum Gasteiger partial charge on any atom is 0.482 e. The molecule has 1 aromatic rings. The molecule has 0 heterocycles. The van der Waals surface area contributed by atoms with Gasteiger partial charge in [0.1, 0.15) is 0 Å². The summed E-state index contributed by atoms with van der Waals surface area (Å²) in [6.07, 6.45) is 0. The van der Waals surface area contributed by atoms with Crippen molar-refractivity contribution in [2.75, 3.05) is 0 Å². The van der Waals surface area contributed by atoms with E-state index in [1.54, 1.807) is 0 Å². The van der Waals surface area contributed by atoms with E-state index >= 15 is 0 Å². The molecule has 1 radical (unpaired) electrons. The molecule has 0 fully saturated rings. The largest absolute Gasteiger partial charge is 0.482 e. The molecule has 0 unspecified atom stereocenters. The summed E-state index contributed by atoms with van der Waals surface area (Å²) in [5.41, 5.74) is 6.54. The molecule has 1 aromatic carbocycles. The Morgan fingerprint density at radius 3 is 1.83 bits per heavy atom. The summed E-state index contributed by atoms with van der Waals surface area (Å²) < 4.78 is 0. The summed E-state index contributed by atoms with van der Waals surface area (Å²) in [4.78, 5) is 0. The molecular weight excluding hydrogens is 176 g/mol. The molecule has 0 aliphatic carbocycles. The fraction of sp³-hybridized carbons (Fsp3) is 0.143. The van der Waals surface area contributed by atoms with Gasteiger partial charge in [0.15, 0.2) is 0 Å². The molecule has 0 saturated carbocycles. The molecule has 0 saturated heterocycles. The Morgan fingerprint density at radius 1 is 1.17 bits per heavy atom. The second kappa shape index (κ2) is 10.5. The van der Waals surface area contributed by atoms with Crippen molar-refractivity contribution in [2.45, 2.75) is 6.54 Å². The van der Waals surface area contributed by atoms with Gasteiger partial charge in [-0.15, -0.1) is 12.4 Å². The monoisotopic (exact) mass is 188 g/mol. The van der Waals surface area contributed by atoms with Gasteiger partial charge < -0.3 is 15.8 Å². The van der Waals surface area contributed by atoms with E-state index in [1.165, 1.54) is 5.56 Å². The van der Waals surface area contributed by atoms with Gasteiger partial charge in [-0.25, -0.2) is 0 Å². The third-order valence-electron chi connectivity index (χ3n) is 1.08. The number of hydrogen-bond acceptors (Lipinski definition) is 3. The van der Waals surface area contributed by atoms with Crippen LogP contribution in [0.25, 0.3) is 0 Å². The lowest BCUT2D eigenvalue weighted by Crippen LogP contribution is -1.94. The van der Waals surface area contributed by atoms with Crippen molar-refractivity contribution in [1.29, 1.82) is 0 Å². The van der Waals surface area contributed by atoms with Crippen LogP contribution in [0.2, 0.25) is 0 Å². The predicted octanol–water partition coefficient (Wildman–Crippen LogP) is 0.0723. The van der Waals surface area contributed by atoms with Gasteiger partial charge in [-0.1, -0.05) is 30.3 Å². The lowest BCUT2D eigenvalue weighted by Gasteiger charge is -1.90. The molecule has 0 aromatic heterocycles. The van der Waals surface area contributed by atoms with E-state index in [0.29, 0.717) is 6.54 Å². The highest BCUT2D eigenvalue weighted by atomic mass is 35.5. The Morgan fingerprint density at radius 2 is 1.58 bits per heavy atom. The van der Waals surface area contributed by atoms with E-state index in [2.05, 4.69) is 0 Å². The van der Waals surface area contributed by atoms with Crippen LogP contribution in [0.3, 0.4) is 0 Å². The summed E-state index contributed by atoms with van der Waals surface area (Å²) >= 11 is 0. The zero-order valence-corrected chi connectivity index (χ0v) is 7.37. The lowest BCUT2D eigenvalue weighted by molar-refractivity contribution is 0.448. The van der Waals surface area contributed by atoms with Crippen molar-refractivity contribution < 1.29 is 10.0 Å². The molecule has 67 valence electrons. The Bertz CT molecular complexity index is 174. The van der Waals surface area contributed by atoms with Crippen molar-refractivity contribution >= 4 is 20.1 Å². The van der Waals surface area contributed by atoms with Gasteiger partial charge in [0.05, 0.1) is 0 Å². The molecular formula is C7H12BClNO2. The van der Waals surface area contributed by atoms with Gasteiger partial charge in [-0.05, 0) is 5.56 Å². The van der Waals surface area contributed by atoms with Gasteiger partial charge in [-0.3, -0.25) is 0 Å². The molecule has 3 nitrogen and oxygen atoms in total. The highest BCUT2D eigenvalue weighted by molar-refractivity contribution is 6.13. The first-order valence-electron chi connectivity index (χ1n) is 3.19. The Balaban J connectivity index is 0. The van der Waals surface area contributed by atoms with Gasteiger partial charge in [0, 0.05) is 6.54 Å². The first kappa shape index (κ1) is 14.0. The molecule has 12 heavy (non-hydrogen) atoms. The minimum atomic E-state index is 0. The SMILES string of the molecule is Cl.NCc1ccccc1.O[B]O.